The Morgan fingerprint density at radius 3 is 2.58 bits per heavy atom. The number of hydrogen-bond donors (Lipinski definition) is 3. The molecule has 1 heterocycles. The molecule has 0 spiro atoms. The molecule has 19 heavy (non-hydrogen) atoms. The summed E-state index contributed by atoms with van der Waals surface area (Å²) < 4.78 is 0. The Balaban J connectivity index is 0.000000550. The van der Waals surface area contributed by atoms with Crippen LogP contribution in [0.25, 0.3) is 0 Å². The van der Waals surface area contributed by atoms with Gasteiger partial charge in [0.2, 0.25) is 0 Å². The summed E-state index contributed by atoms with van der Waals surface area (Å²) in [7, 11) is 0. The second-order valence-corrected chi connectivity index (χ2v) is 4.30. The highest BCUT2D eigenvalue weighted by atomic mass is 16.6. The monoisotopic (exact) mass is 267 g/mol. The fourth-order valence-corrected chi connectivity index (χ4v) is 2.10. The first-order valence-electron chi connectivity index (χ1n) is 6.10. The number of aromatic carboxylic acids is 1. The van der Waals surface area contributed by atoms with E-state index >= 15 is 0 Å². The van der Waals surface area contributed by atoms with Crippen LogP contribution in [0.4, 0.5) is 5.82 Å². The van der Waals surface area contributed by atoms with Crippen molar-refractivity contribution in [2.45, 2.75) is 38.1 Å². The van der Waals surface area contributed by atoms with Crippen molar-refractivity contribution in [2.24, 2.45) is 5.34 Å². The number of carboxylic acid groups (broad SMARTS) is 1. The van der Waals surface area contributed by atoms with E-state index < -0.39 is 5.97 Å². The Labute approximate surface area is 110 Å². The normalized spacial score (nSPS) is 14.9. The van der Waals surface area contributed by atoms with Crippen LogP contribution >= 0.6 is 0 Å². The molecule has 0 radical (unpaired) electrons. The maximum absolute atomic E-state index is 10.8. The molecule has 0 saturated heterocycles. The van der Waals surface area contributed by atoms with Crippen LogP contribution in [0.15, 0.2) is 23.7 Å². The molecule has 2 rings (SSSR count). The minimum Gasteiger partial charge on any atom is -0.478 e. The predicted molar refractivity (Wildman–Crippen MR) is 69.3 cm³/mol. The van der Waals surface area contributed by atoms with Crippen LogP contribution in [-0.4, -0.2) is 27.3 Å². The van der Waals surface area contributed by atoms with Gasteiger partial charge in [-0.15, -0.1) is 4.91 Å². The molecule has 1 aromatic heterocycles. The Hall–Kier alpha value is -2.18. The van der Waals surface area contributed by atoms with Crippen molar-refractivity contribution in [3.8, 4) is 0 Å². The van der Waals surface area contributed by atoms with E-state index in [9.17, 15) is 4.79 Å². The molecule has 0 amide bonds. The summed E-state index contributed by atoms with van der Waals surface area (Å²) in [6.45, 7) is 0. The molecule has 0 unspecified atom stereocenters. The number of nitrogens with one attached hydrogen (secondary N) is 1. The fourth-order valence-electron chi connectivity index (χ4n) is 2.10. The molecule has 0 atom stereocenters. The first-order chi connectivity index (χ1) is 9.17. The molecule has 1 saturated carbocycles. The fraction of sp³-hybridized carbons (Fsp3) is 0.500. The predicted octanol–water partition coefficient (Wildman–Crippen LogP) is 2.67. The van der Waals surface area contributed by atoms with Gasteiger partial charge in [0.1, 0.15) is 5.82 Å². The van der Waals surface area contributed by atoms with Crippen LogP contribution in [0.1, 0.15) is 42.5 Å². The van der Waals surface area contributed by atoms with Crippen molar-refractivity contribution in [1.82, 2.24) is 4.98 Å². The number of carbonyl (C=O) groups is 1. The van der Waals surface area contributed by atoms with E-state index in [1.165, 1.54) is 36.9 Å². The van der Waals surface area contributed by atoms with Gasteiger partial charge in [0.15, 0.2) is 5.34 Å². The number of anilines is 1. The Morgan fingerprint density at radius 1 is 1.37 bits per heavy atom. The van der Waals surface area contributed by atoms with Crippen LogP contribution in [0.3, 0.4) is 0 Å². The summed E-state index contributed by atoms with van der Waals surface area (Å²) in [6, 6.07) is 3.55. The molecule has 1 aliphatic rings. The number of aromatic nitrogens is 1. The smallest absolute Gasteiger partial charge is 0.335 e. The maximum Gasteiger partial charge on any atom is 0.335 e. The summed E-state index contributed by atoms with van der Waals surface area (Å²) in [5.41, 5.74) is 0.285. The lowest BCUT2D eigenvalue weighted by Crippen LogP contribution is -2.22. The molecule has 1 fully saturated rings. The number of rotatable bonds is 3. The van der Waals surface area contributed by atoms with E-state index in [1.807, 2.05) is 0 Å². The molecule has 104 valence electrons. The van der Waals surface area contributed by atoms with Gasteiger partial charge in [0.05, 0.1) is 5.56 Å². The van der Waals surface area contributed by atoms with Crippen molar-refractivity contribution in [2.75, 3.05) is 5.32 Å². The van der Waals surface area contributed by atoms with E-state index in [1.54, 1.807) is 6.07 Å². The molecule has 0 aliphatic heterocycles. The topological polar surface area (TPSA) is 112 Å². The average molecular weight is 267 g/mol. The Morgan fingerprint density at radius 2 is 2.00 bits per heavy atom. The van der Waals surface area contributed by atoms with Crippen LogP contribution in [0.5, 0.6) is 0 Å². The molecular formula is C12H17N3O4. The van der Waals surface area contributed by atoms with Crippen molar-refractivity contribution in [1.29, 1.82) is 0 Å². The van der Waals surface area contributed by atoms with Crippen LogP contribution in [-0.2, 0) is 0 Å². The zero-order valence-electron chi connectivity index (χ0n) is 10.5. The van der Waals surface area contributed by atoms with Gasteiger partial charge in [-0.1, -0.05) is 19.3 Å². The first-order valence-corrected chi connectivity index (χ1v) is 6.10. The molecule has 7 nitrogen and oxygen atoms in total. The summed E-state index contributed by atoms with van der Waals surface area (Å²) in [6.07, 6.45) is 7.64. The molecular weight excluding hydrogens is 250 g/mol. The van der Waals surface area contributed by atoms with Crippen molar-refractivity contribution in [3.63, 3.8) is 0 Å². The van der Waals surface area contributed by atoms with Gasteiger partial charge >= 0.3 is 5.97 Å². The number of nitrogens with zero attached hydrogens (tertiary/aromatic N) is 2. The van der Waals surface area contributed by atoms with Gasteiger partial charge in [-0.2, -0.15) is 0 Å². The van der Waals surface area contributed by atoms with E-state index in [0.717, 1.165) is 12.8 Å². The second-order valence-electron chi connectivity index (χ2n) is 4.30. The van der Waals surface area contributed by atoms with Gasteiger partial charge in [-0.05, 0) is 25.0 Å². The van der Waals surface area contributed by atoms with E-state index in [-0.39, 0.29) is 5.56 Å². The highest BCUT2D eigenvalue weighted by Gasteiger charge is 2.14. The molecule has 3 N–H and O–H groups in total. The lowest BCUT2D eigenvalue weighted by atomic mass is 9.95. The number of carboxylic acids is 1. The van der Waals surface area contributed by atoms with Gasteiger partial charge < -0.3 is 15.6 Å². The van der Waals surface area contributed by atoms with E-state index in [2.05, 4.69) is 10.3 Å². The molecule has 1 aromatic rings. The molecule has 0 bridgehead atoms. The SMILES string of the molecule is O=C(O)c1ccnc(NC2CCCCC2)c1.O=NO. The standard InChI is InChI=1S/C12H16N2O2.HNO2/c15-12(16)9-6-7-13-11(8-9)14-10-4-2-1-3-5-10;2-1-3/h6-8,10H,1-5H2,(H,13,14)(H,15,16);(H,2,3). The highest BCUT2D eigenvalue weighted by molar-refractivity contribution is 5.88. The van der Waals surface area contributed by atoms with Crippen molar-refractivity contribution >= 4 is 11.8 Å². The summed E-state index contributed by atoms with van der Waals surface area (Å²) in [5.74, 6) is -0.235. The molecule has 7 heteroatoms. The second kappa shape index (κ2) is 8.02. The van der Waals surface area contributed by atoms with E-state index in [4.69, 9.17) is 15.2 Å². The maximum atomic E-state index is 10.8. The molecule has 0 aromatic carbocycles. The van der Waals surface area contributed by atoms with Gasteiger partial charge in [-0.3, -0.25) is 0 Å². The molecule has 1 aliphatic carbocycles. The van der Waals surface area contributed by atoms with Gasteiger partial charge in [-0.25, -0.2) is 9.78 Å². The number of pyridine rings is 1. The number of hydrogen-bond acceptors (Lipinski definition) is 5. The van der Waals surface area contributed by atoms with Crippen LogP contribution in [0.2, 0.25) is 0 Å². The third kappa shape index (κ3) is 5.33. The summed E-state index contributed by atoms with van der Waals surface area (Å²) in [4.78, 5) is 23.0. The highest BCUT2D eigenvalue weighted by Crippen LogP contribution is 2.20. The Kier molecular flexibility index (Phi) is 6.28. The lowest BCUT2D eigenvalue weighted by molar-refractivity contribution is 0.0697. The minimum absolute atomic E-state index is 0.285. The largest absolute Gasteiger partial charge is 0.478 e. The third-order valence-corrected chi connectivity index (χ3v) is 2.96. The van der Waals surface area contributed by atoms with Crippen molar-refractivity contribution < 1.29 is 15.1 Å². The zero-order valence-corrected chi connectivity index (χ0v) is 10.5. The van der Waals surface area contributed by atoms with Crippen LogP contribution in [0, 0.1) is 4.91 Å². The van der Waals surface area contributed by atoms with E-state index in [0.29, 0.717) is 11.9 Å². The van der Waals surface area contributed by atoms with Crippen LogP contribution < -0.4 is 5.32 Å². The van der Waals surface area contributed by atoms with Crippen molar-refractivity contribution in [3.05, 3.63) is 28.8 Å². The lowest BCUT2D eigenvalue weighted by Gasteiger charge is -2.23. The van der Waals surface area contributed by atoms with Gasteiger partial charge in [0, 0.05) is 12.2 Å². The average Bonchev–Trinajstić information content (AvgIpc) is 2.41. The quantitative estimate of drug-likeness (QED) is 0.573. The third-order valence-electron chi connectivity index (χ3n) is 2.96. The minimum atomic E-state index is -0.908. The summed E-state index contributed by atoms with van der Waals surface area (Å²) in [5, 5.41) is 20.1. The van der Waals surface area contributed by atoms with Gasteiger partial charge in [0.25, 0.3) is 0 Å². The Bertz CT molecular complexity index is 419. The summed E-state index contributed by atoms with van der Waals surface area (Å²) >= 11 is 0. The first kappa shape index (κ1) is 14.9. The zero-order chi connectivity index (χ0) is 14.1.